The Morgan fingerprint density at radius 3 is 2.65 bits per heavy atom. The van der Waals surface area contributed by atoms with Crippen LogP contribution < -0.4 is 5.73 Å². The number of nitrogens with two attached hydrogens (primary N) is 1. The van der Waals surface area contributed by atoms with E-state index in [-0.39, 0.29) is 5.56 Å². The Morgan fingerprint density at radius 2 is 2.10 bits per heavy atom. The summed E-state index contributed by atoms with van der Waals surface area (Å²) in [6, 6.07) is 2.78. The van der Waals surface area contributed by atoms with Gasteiger partial charge in [0, 0.05) is 31.1 Å². The predicted octanol–water partition coefficient (Wildman–Crippen LogP) is 3.16. The Bertz CT molecular complexity index is 625. The summed E-state index contributed by atoms with van der Waals surface area (Å²) >= 11 is 6.23. The molecule has 0 amide bonds. The van der Waals surface area contributed by atoms with Gasteiger partial charge in [0.05, 0.1) is 16.4 Å². The fourth-order valence-electron chi connectivity index (χ4n) is 2.16. The molecule has 0 bridgehead atoms. The molecule has 0 aliphatic carbocycles. The fourth-order valence-corrected chi connectivity index (χ4v) is 2.53. The van der Waals surface area contributed by atoms with Crippen LogP contribution in [0.3, 0.4) is 0 Å². The first-order valence-corrected chi connectivity index (χ1v) is 6.72. The van der Waals surface area contributed by atoms with Crippen molar-refractivity contribution in [2.75, 3.05) is 0 Å². The molecule has 0 fully saturated rings. The van der Waals surface area contributed by atoms with Crippen molar-refractivity contribution >= 4 is 11.6 Å². The maximum atomic E-state index is 13.7. The second kappa shape index (κ2) is 5.89. The lowest BCUT2D eigenvalue weighted by molar-refractivity contribution is 0.548. The van der Waals surface area contributed by atoms with Crippen molar-refractivity contribution in [1.82, 2.24) is 9.78 Å². The summed E-state index contributed by atoms with van der Waals surface area (Å²) in [6.07, 6.45) is 1.05. The smallest absolute Gasteiger partial charge is 0.130 e. The first-order valence-electron chi connectivity index (χ1n) is 6.34. The van der Waals surface area contributed by atoms with Gasteiger partial charge in [0.2, 0.25) is 0 Å². The van der Waals surface area contributed by atoms with Crippen molar-refractivity contribution < 1.29 is 8.78 Å². The van der Waals surface area contributed by atoms with Gasteiger partial charge >= 0.3 is 0 Å². The van der Waals surface area contributed by atoms with Gasteiger partial charge in [0.25, 0.3) is 0 Å². The van der Waals surface area contributed by atoms with Gasteiger partial charge in [0.1, 0.15) is 11.6 Å². The maximum absolute atomic E-state index is 13.7. The minimum Gasteiger partial charge on any atom is -0.324 e. The molecule has 20 heavy (non-hydrogen) atoms. The number of rotatable bonds is 4. The van der Waals surface area contributed by atoms with E-state index in [9.17, 15) is 8.78 Å². The highest BCUT2D eigenvalue weighted by molar-refractivity contribution is 6.31. The Balaban J connectivity index is 2.27. The van der Waals surface area contributed by atoms with Crippen LogP contribution in [-0.2, 0) is 19.9 Å². The number of aryl methyl sites for hydroxylation is 2. The van der Waals surface area contributed by atoms with Crippen molar-refractivity contribution in [3.05, 3.63) is 51.8 Å². The van der Waals surface area contributed by atoms with Gasteiger partial charge in [-0.1, -0.05) is 24.6 Å². The number of halogens is 3. The van der Waals surface area contributed by atoms with Crippen LogP contribution in [0, 0.1) is 11.6 Å². The second-order valence-electron chi connectivity index (χ2n) is 4.66. The van der Waals surface area contributed by atoms with E-state index in [1.54, 1.807) is 11.7 Å². The molecule has 1 unspecified atom stereocenters. The third-order valence-electron chi connectivity index (χ3n) is 3.28. The normalized spacial score (nSPS) is 12.7. The average molecular weight is 300 g/mol. The van der Waals surface area contributed by atoms with Crippen LogP contribution >= 0.6 is 11.6 Å². The Labute approximate surface area is 121 Å². The zero-order valence-electron chi connectivity index (χ0n) is 11.3. The number of hydrogen-bond donors (Lipinski definition) is 1. The monoisotopic (exact) mass is 299 g/mol. The van der Waals surface area contributed by atoms with Gasteiger partial charge in [-0.05, 0) is 12.5 Å². The SMILES string of the molecule is CCc1nn(C)c(CC(N)c2ccc(F)cc2F)c1Cl. The predicted molar refractivity (Wildman–Crippen MR) is 74.6 cm³/mol. The van der Waals surface area contributed by atoms with Gasteiger partial charge in [-0.3, -0.25) is 4.68 Å². The van der Waals surface area contributed by atoms with Crippen molar-refractivity contribution in [2.45, 2.75) is 25.8 Å². The van der Waals surface area contributed by atoms with E-state index in [0.29, 0.717) is 17.9 Å². The number of aromatic nitrogens is 2. The summed E-state index contributed by atoms with van der Waals surface area (Å²) in [5.74, 6) is -1.27. The molecule has 6 heteroatoms. The average Bonchev–Trinajstić information content (AvgIpc) is 2.66. The molecule has 1 atom stereocenters. The minimum absolute atomic E-state index is 0.265. The molecule has 108 valence electrons. The van der Waals surface area contributed by atoms with E-state index in [4.69, 9.17) is 17.3 Å². The van der Waals surface area contributed by atoms with Crippen molar-refractivity contribution in [1.29, 1.82) is 0 Å². The lowest BCUT2D eigenvalue weighted by Gasteiger charge is -2.13. The van der Waals surface area contributed by atoms with E-state index >= 15 is 0 Å². The van der Waals surface area contributed by atoms with E-state index in [2.05, 4.69) is 5.10 Å². The van der Waals surface area contributed by atoms with E-state index in [1.807, 2.05) is 6.92 Å². The largest absolute Gasteiger partial charge is 0.324 e. The summed E-state index contributed by atoms with van der Waals surface area (Å²) in [7, 11) is 1.77. The summed E-state index contributed by atoms with van der Waals surface area (Å²) in [5, 5.41) is 4.85. The highest BCUT2D eigenvalue weighted by Gasteiger charge is 2.19. The molecule has 1 heterocycles. The quantitative estimate of drug-likeness (QED) is 0.942. The molecule has 0 aliphatic heterocycles. The Kier molecular flexibility index (Phi) is 4.40. The molecule has 2 aromatic rings. The van der Waals surface area contributed by atoms with Gasteiger partial charge in [0.15, 0.2) is 0 Å². The summed E-state index contributed by atoms with van der Waals surface area (Å²) in [4.78, 5) is 0. The van der Waals surface area contributed by atoms with Crippen LogP contribution in [-0.4, -0.2) is 9.78 Å². The zero-order chi connectivity index (χ0) is 14.9. The third kappa shape index (κ3) is 2.83. The second-order valence-corrected chi connectivity index (χ2v) is 5.04. The topological polar surface area (TPSA) is 43.8 Å². The molecular weight excluding hydrogens is 284 g/mol. The first-order chi connectivity index (χ1) is 9.43. The minimum atomic E-state index is -0.647. The molecule has 1 aromatic heterocycles. The van der Waals surface area contributed by atoms with E-state index in [0.717, 1.165) is 17.5 Å². The molecule has 0 saturated heterocycles. The van der Waals surface area contributed by atoms with E-state index in [1.165, 1.54) is 12.1 Å². The Morgan fingerprint density at radius 1 is 1.40 bits per heavy atom. The van der Waals surface area contributed by atoms with Crippen molar-refractivity contribution in [2.24, 2.45) is 12.8 Å². The van der Waals surface area contributed by atoms with Gasteiger partial charge in [-0.25, -0.2) is 8.78 Å². The maximum Gasteiger partial charge on any atom is 0.130 e. The highest BCUT2D eigenvalue weighted by atomic mass is 35.5. The van der Waals surface area contributed by atoms with Gasteiger partial charge in [-0.2, -0.15) is 5.10 Å². The molecule has 0 saturated carbocycles. The molecule has 0 aliphatic rings. The van der Waals surface area contributed by atoms with Crippen LogP contribution in [0.25, 0.3) is 0 Å². The Hall–Kier alpha value is -1.46. The van der Waals surface area contributed by atoms with Crippen LogP contribution in [0.15, 0.2) is 18.2 Å². The fraction of sp³-hybridized carbons (Fsp3) is 0.357. The number of nitrogens with zero attached hydrogens (tertiary/aromatic N) is 2. The lowest BCUT2D eigenvalue weighted by Crippen LogP contribution is -2.17. The van der Waals surface area contributed by atoms with Crippen molar-refractivity contribution in [3.8, 4) is 0 Å². The summed E-state index contributed by atoms with van der Waals surface area (Å²) in [6.45, 7) is 1.96. The van der Waals surface area contributed by atoms with Crippen LogP contribution in [0.2, 0.25) is 5.02 Å². The molecular formula is C14H16ClF2N3. The van der Waals surface area contributed by atoms with Gasteiger partial charge in [-0.15, -0.1) is 0 Å². The summed E-state index contributed by atoms with van der Waals surface area (Å²) < 4.78 is 28.3. The molecule has 2 N–H and O–H groups in total. The summed E-state index contributed by atoms with van der Waals surface area (Å²) in [5.41, 5.74) is 7.81. The lowest BCUT2D eigenvalue weighted by atomic mass is 10.0. The number of benzene rings is 1. The van der Waals surface area contributed by atoms with Crippen LogP contribution in [0.5, 0.6) is 0 Å². The van der Waals surface area contributed by atoms with Crippen LogP contribution in [0.1, 0.15) is 29.9 Å². The number of hydrogen-bond acceptors (Lipinski definition) is 2. The van der Waals surface area contributed by atoms with Crippen molar-refractivity contribution in [3.63, 3.8) is 0 Å². The first kappa shape index (κ1) is 14.9. The standard InChI is InChI=1S/C14H16ClF2N3/c1-3-12-14(15)13(20(2)19-12)7-11(18)9-5-4-8(16)6-10(9)17/h4-6,11H,3,7,18H2,1-2H3. The molecule has 1 aromatic carbocycles. The highest BCUT2D eigenvalue weighted by Crippen LogP contribution is 2.26. The molecule has 0 radical (unpaired) electrons. The van der Waals surface area contributed by atoms with Crippen LogP contribution in [0.4, 0.5) is 8.78 Å². The van der Waals surface area contributed by atoms with Gasteiger partial charge < -0.3 is 5.73 Å². The molecule has 0 spiro atoms. The molecule has 2 rings (SSSR count). The third-order valence-corrected chi connectivity index (χ3v) is 3.71. The zero-order valence-corrected chi connectivity index (χ0v) is 12.1. The van der Waals surface area contributed by atoms with E-state index < -0.39 is 17.7 Å². The molecule has 3 nitrogen and oxygen atoms in total.